The molecule has 1 aliphatic rings. The zero-order chi connectivity index (χ0) is 21.8. The molecule has 1 aliphatic heterocycles. The fourth-order valence-electron chi connectivity index (χ4n) is 3.68. The van der Waals surface area contributed by atoms with Crippen LogP contribution in [0.5, 0.6) is 11.5 Å². The summed E-state index contributed by atoms with van der Waals surface area (Å²) in [6.07, 6.45) is 0. The molecule has 2 aromatic carbocycles. The second-order valence-electron chi connectivity index (χ2n) is 7.64. The zero-order valence-electron chi connectivity index (χ0n) is 18.3. The summed E-state index contributed by atoms with van der Waals surface area (Å²) < 4.78 is 11.0. The number of nitrogens with zero attached hydrogens (tertiary/aromatic N) is 2. The molecule has 0 saturated carbocycles. The summed E-state index contributed by atoms with van der Waals surface area (Å²) in [6, 6.07) is 12.6. The van der Waals surface area contributed by atoms with Gasteiger partial charge in [0.2, 0.25) is 0 Å². The number of anilines is 1. The number of benzene rings is 2. The number of amides is 3. The number of aryl methyl sites for hydroxylation is 1. The first-order valence-corrected chi connectivity index (χ1v) is 10.2. The molecule has 0 bridgehead atoms. The van der Waals surface area contributed by atoms with Gasteiger partial charge in [0.15, 0.2) is 18.2 Å². The van der Waals surface area contributed by atoms with E-state index in [1.807, 2.05) is 63.4 Å². The number of imide groups is 1. The Kier molecular flexibility index (Phi) is 6.62. The van der Waals surface area contributed by atoms with E-state index in [0.717, 1.165) is 21.7 Å². The molecule has 2 aromatic rings. The summed E-state index contributed by atoms with van der Waals surface area (Å²) in [7, 11) is 3.57. The van der Waals surface area contributed by atoms with Crippen molar-refractivity contribution in [1.29, 1.82) is 0 Å². The maximum absolute atomic E-state index is 13.0. The average Bonchev–Trinajstić information content (AvgIpc) is 2.93. The van der Waals surface area contributed by atoms with Crippen LogP contribution < -0.4 is 19.3 Å². The molecule has 0 spiro atoms. The van der Waals surface area contributed by atoms with E-state index in [1.165, 1.54) is 4.90 Å². The molecule has 1 heterocycles. The van der Waals surface area contributed by atoms with Gasteiger partial charge in [-0.3, -0.25) is 9.69 Å². The van der Waals surface area contributed by atoms with E-state index in [0.29, 0.717) is 31.3 Å². The first-order valence-electron chi connectivity index (χ1n) is 10.2. The lowest BCUT2D eigenvalue weighted by Crippen LogP contribution is -3.09. The van der Waals surface area contributed by atoms with Gasteiger partial charge in [0.1, 0.15) is 12.6 Å². The minimum atomic E-state index is -0.515. The minimum absolute atomic E-state index is 0.177. The quantitative estimate of drug-likeness (QED) is 0.676. The Labute approximate surface area is 177 Å². The van der Waals surface area contributed by atoms with Crippen molar-refractivity contribution in [2.75, 3.05) is 32.3 Å². The van der Waals surface area contributed by atoms with Gasteiger partial charge >= 0.3 is 6.03 Å². The van der Waals surface area contributed by atoms with Gasteiger partial charge in [-0.1, -0.05) is 17.7 Å². The van der Waals surface area contributed by atoms with Crippen molar-refractivity contribution in [3.8, 4) is 11.5 Å². The van der Waals surface area contributed by atoms with Gasteiger partial charge in [-0.2, -0.15) is 0 Å². The van der Waals surface area contributed by atoms with Crippen LogP contribution >= 0.6 is 0 Å². The fraction of sp³-hybridized carbons (Fsp3) is 0.391. The van der Waals surface area contributed by atoms with Gasteiger partial charge in [-0.05, 0) is 51.1 Å². The number of urea groups is 1. The fourth-order valence-corrected chi connectivity index (χ4v) is 3.68. The molecule has 0 radical (unpaired) electrons. The number of hydrogen-bond donors (Lipinski definition) is 1. The Morgan fingerprint density at radius 1 is 1.07 bits per heavy atom. The summed E-state index contributed by atoms with van der Waals surface area (Å²) in [5, 5.41) is 0. The standard InChI is InChI=1S/C23H29N3O4/c1-6-30-20-12-9-18(13-21(20)29-5)14-24(4)15-25-22(27)17(3)26(23(25)28)19-10-7-16(2)8-11-19/h7-13,17H,6,14-15H2,1-5H3/p+1/t17-/m1/s1. The van der Waals surface area contributed by atoms with Gasteiger partial charge in [-0.25, -0.2) is 9.69 Å². The average molecular weight is 413 g/mol. The maximum Gasteiger partial charge on any atom is 0.336 e. The van der Waals surface area contributed by atoms with Gasteiger partial charge < -0.3 is 14.4 Å². The molecular formula is C23H30N3O4+. The van der Waals surface area contributed by atoms with Gasteiger partial charge in [0, 0.05) is 11.3 Å². The van der Waals surface area contributed by atoms with Crippen molar-refractivity contribution in [2.24, 2.45) is 0 Å². The van der Waals surface area contributed by atoms with Crippen molar-refractivity contribution in [3.05, 3.63) is 53.6 Å². The first-order chi connectivity index (χ1) is 14.3. The number of carbonyl (C=O) groups excluding carboxylic acids is 2. The van der Waals surface area contributed by atoms with Crippen LogP contribution in [0.3, 0.4) is 0 Å². The van der Waals surface area contributed by atoms with Gasteiger partial charge in [0.05, 0.1) is 20.8 Å². The highest BCUT2D eigenvalue weighted by atomic mass is 16.5. The monoisotopic (exact) mass is 412 g/mol. The molecular weight excluding hydrogens is 382 g/mol. The van der Waals surface area contributed by atoms with E-state index in [1.54, 1.807) is 18.9 Å². The molecule has 0 aliphatic carbocycles. The van der Waals surface area contributed by atoms with Gasteiger partial charge in [-0.15, -0.1) is 0 Å². The highest BCUT2D eigenvalue weighted by Gasteiger charge is 2.44. The second kappa shape index (κ2) is 9.17. The second-order valence-corrected chi connectivity index (χ2v) is 7.64. The number of nitrogens with one attached hydrogen (secondary N) is 1. The molecule has 0 aromatic heterocycles. The Balaban J connectivity index is 1.70. The molecule has 160 valence electrons. The lowest BCUT2D eigenvalue weighted by Gasteiger charge is -2.21. The van der Waals surface area contributed by atoms with Crippen molar-refractivity contribution < 1.29 is 24.0 Å². The van der Waals surface area contributed by atoms with Crippen LogP contribution in [-0.2, 0) is 11.3 Å². The van der Waals surface area contributed by atoms with Crippen LogP contribution in [0.15, 0.2) is 42.5 Å². The third kappa shape index (κ3) is 4.41. The highest BCUT2D eigenvalue weighted by molar-refractivity contribution is 6.13. The van der Waals surface area contributed by atoms with Crippen molar-refractivity contribution in [1.82, 2.24) is 4.90 Å². The van der Waals surface area contributed by atoms with E-state index < -0.39 is 6.04 Å². The van der Waals surface area contributed by atoms with E-state index in [2.05, 4.69) is 0 Å². The summed E-state index contributed by atoms with van der Waals surface area (Å²) in [4.78, 5) is 29.7. The summed E-state index contributed by atoms with van der Waals surface area (Å²) in [5.74, 6) is 1.20. The molecule has 1 N–H and O–H groups in total. The predicted octanol–water partition coefficient (Wildman–Crippen LogP) is 2.23. The number of ether oxygens (including phenoxy) is 2. The molecule has 1 unspecified atom stereocenters. The Hall–Kier alpha value is -3.06. The highest BCUT2D eigenvalue weighted by Crippen LogP contribution is 2.28. The van der Waals surface area contributed by atoms with E-state index in [4.69, 9.17) is 9.47 Å². The van der Waals surface area contributed by atoms with Crippen LogP contribution in [0, 0.1) is 6.92 Å². The lowest BCUT2D eigenvalue weighted by atomic mass is 10.2. The SMILES string of the molecule is CCOc1ccc(C[NH+](C)CN2C(=O)[C@@H](C)N(c3ccc(C)cc3)C2=O)cc1OC. The third-order valence-corrected chi connectivity index (χ3v) is 5.22. The van der Waals surface area contributed by atoms with Crippen molar-refractivity contribution >= 4 is 17.6 Å². The Bertz CT molecular complexity index is 913. The van der Waals surface area contributed by atoms with Crippen molar-refractivity contribution in [2.45, 2.75) is 33.4 Å². The topological polar surface area (TPSA) is 63.5 Å². The first kappa shape index (κ1) is 21.6. The van der Waals surface area contributed by atoms with Crippen LogP contribution in [0.4, 0.5) is 10.5 Å². The molecule has 7 heteroatoms. The maximum atomic E-state index is 13.0. The molecule has 1 saturated heterocycles. The molecule has 2 atom stereocenters. The van der Waals surface area contributed by atoms with Crippen molar-refractivity contribution in [3.63, 3.8) is 0 Å². The molecule has 3 rings (SSSR count). The minimum Gasteiger partial charge on any atom is -0.493 e. The summed E-state index contributed by atoms with van der Waals surface area (Å²) in [5.41, 5.74) is 2.88. The smallest absolute Gasteiger partial charge is 0.336 e. The van der Waals surface area contributed by atoms with Crippen LogP contribution in [0.25, 0.3) is 0 Å². The third-order valence-electron chi connectivity index (χ3n) is 5.22. The molecule has 30 heavy (non-hydrogen) atoms. The molecule has 3 amide bonds. The number of hydrogen-bond acceptors (Lipinski definition) is 4. The largest absolute Gasteiger partial charge is 0.493 e. The Morgan fingerprint density at radius 2 is 1.77 bits per heavy atom. The number of rotatable bonds is 8. The lowest BCUT2D eigenvalue weighted by molar-refractivity contribution is -0.901. The van der Waals surface area contributed by atoms with Crippen LogP contribution in [0.2, 0.25) is 0 Å². The van der Waals surface area contributed by atoms with E-state index in [-0.39, 0.29) is 11.9 Å². The van der Waals surface area contributed by atoms with E-state index in [9.17, 15) is 9.59 Å². The predicted molar refractivity (Wildman–Crippen MR) is 115 cm³/mol. The summed E-state index contributed by atoms with van der Waals surface area (Å²) >= 11 is 0. The summed E-state index contributed by atoms with van der Waals surface area (Å²) in [6.45, 7) is 7.18. The van der Waals surface area contributed by atoms with Gasteiger partial charge in [0.25, 0.3) is 5.91 Å². The normalized spacial score (nSPS) is 17.4. The number of carbonyl (C=O) groups is 2. The van der Waals surface area contributed by atoms with Crippen LogP contribution in [0.1, 0.15) is 25.0 Å². The molecule has 7 nitrogen and oxygen atoms in total. The number of methoxy groups -OCH3 is 1. The number of quaternary nitrogens is 1. The Morgan fingerprint density at radius 3 is 2.40 bits per heavy atom. The molecule has 1 fully saturated rings. The zero-order valence-corrected chi connectivity index (χ0v) is 18.3. The van der Waals surface area contributed by atoms with E-state index >= 15 is 0 Å². The van der Waals surface area contributed by atoms with Crippen LogP contribution in [-0.4, -0.2) is 50.3 Å².